The average molecular weight is 242 g/mol. The number of hydrogen-bond donors (Lipinski definition) is 2. The number of morpholine rings is 1. The molecule has 17 heavy (non-hydrogen) atoms. The Morgan fingerprint density at radius 2 is 2.24 bits per heavy atom. The molecule has 4 nitrogen and oxygen atoms in total. The van der Waals surface area contributed by atoms with Crippen LogP contribution in [0.3, 0.4) is 0 Å². The van der Waals surface area contributed by atoms with Gasteiger partial charge in [0, 0.05) is 19.1 Å². The first-order valence-corrected chi connectivity index (χ1v) is 6.91. The fraction of sp³-hybridized carbons (Fsp3) is 1.00. The van der Waals surface area contributed by atoms with Crippen molar-refractivity contribution in [1.82, 2.24) is 4.90 Å². The summed E-state index contributed by atoms with van der Waals surface area (Å²) in [6.45, 7) is 5.86. The lowest BCUT2D eigenvalue weighted by atomic mass is 9.78. The number of aliphatic hydroxyl groups excluding tert-OH is 1. The number of ether oxygens (including phenoxy) is 1. The maximum Gasteiger partial charge on any atom is 0.0932 e. The Kier molecular flexibility index (Phi) is 4.79. The molecule has 1 heterocycles. The lowest BCUT2D eigenvalue weighted by molar-refractivity contribution is -0.0782. The molecule has 1 aliphatic carbocycles. The van der Waals surface area contributed by atoms with Crippen molar-refractivity contribution >= 4 is 0 Å². The molecule has 1 saturated carbocycles. The molecule has 4 unspecified atom stereocenters. The zero-order valence-electron chi connectivity index (χ0n) is 10.8. The molecule has 1 saturated heterocycles. The third-order valence-electron chi connectivity index (χ3n) is 4.36. The highest BCUT2D eigenvalue weighted by molar-refractivity contribution is 4.88. The van der Waals surface area contributed by atoms with Crippen LogP contribution in [-0.4, -0.2) is 55.0 Å². The molecule has 1 aliphatic heterocycles. The Morgan fingerprint density at radius 3 is 2.94 bits per heavy atom. The largest absolute Gasteiger partial charge is 0.394 e. The first-order valence-electron chi connectivity index (χ1n) is 6.91. The molecule has 0 bridgehead atoms. The van der Waals surface area contributed by atoms with Crippen LogP contribution >= 0.6 is 0 Å². The Hall–Kier alpha value is -0.160. The second-order valence-corrected chi connectivity index (χ2v) is 5.65. The van der Waals surface area contributed by atoms with Crippen molar-refractivity contribution < 1.29 is 9.84 Å². The first-order chi connectivity index (χ1) is 8.24. The first kappa shape index (κ1) is 13.3. The fourth-order valence-corrected chi connectivity index (χ4v) is 3.29. The van der Waals surface area contributed by atoms with Crippen molar-refractivity contribution in [1.29, 1.82) is 0 Å². The SMILES string of the molecule is CC1CCC(CN)C(N2CCOC(CO)C2)C1. The molecule has 0 aromatic rings. The van der Waals surface area contributed by atoms with Gasteiger partial charge in [0.2, 0.25) is 0 Å². The molecule has 0 aromatic heterocycles. The van der Waals surface area contributed by atoms with Crippen LogP contribution in [0.4, 0.5) is 0 Å². The van der Waals surface area contributed by atoms with Gasteiger partial charge in [-0.3, -0.25) is 4.90 Å². The molecule has 4 atom stereocenters. The van der Waals surface area contributed by atoms with Gasteiger partial charge in [0.15, 0.2) is 0 Å². The van der Waals surface area contributed by atoms with E-state index in [9.17, 15) is 5.11 Å². The lowest BCUT2D eigenvalue weighted by Gasteiger charge is -2.44. The summed E-state index contributed by atoms with van der Waals surface area (Å²) in [5.74, 6) is 1.43. The Bertz CT molecular complexity index is 237. The van der Waals surface area contributed by atoms with E-state index in [0.717, 1.165) is 32.2 Å². The smallest absolute Gasteiger partial charge is 0.0932 e. The van der Waals surface area contributed by atoms with E-state index in [-0.39, 0.29) is 12.7 Å². The van der Waals surface area contributed by atoms with Gasteiger partial charge >= 0.3 is 0 Å². The minimum Gasteiger partial charge on any atom is -0.394 e. The van der Waals surface area contributed by atoms with Crippen molar-refractivity contribution in [2.45, 2.75) is 38.3 Å². The van der Waals surface area contributed by atoms with E-state index in [1.807, 2.05) is 0 Å². The van der Waals surface area contributed by atoms with E-state index in [0.29, 0.717) is 12.0 Å². The molecule has 100 valence electrons. The van der Waals surface area contributed by atoms with Crippen LogP contribution in [0.1, 0.15) is 26.2 Å². The van der Waals surface area contributed by atoms with Crippen LogP contribution in [0.2, 0.25) is 0 Å². The highest BCUT2D eigenvalue weighted by Crippen LogP contribution is 2.32. The van der Waals surface area contributed by atoms with Crippen LogP contribution < -0.4 is 5.73 Å². The van der Waals surface area contributed by atoms with Crippen LogP contribution in [0.25, 0.3) is 0 Å². The predicted octanol–water partition coefficient (Wildman–Crippen LogP) is 0.443. The molecule has 0 radical (unpaired) electrons. The lowest BCUT2D eigenvalue weighted by Crippen LogP contribution is -2.53. The van der Waals surface area contributed by atoms with Crippen LogP contribution in [0.5, 0.6) is 0 Å². The van der Waals surface area contributed by atoms with E-state index >= 15 is 0 Å². The van der Waals surface area contributed by atoms with Gasteiger partial charge in [-0.05, 0) is 31.2 Å². The number of nitrogens with zero attached hydrogens (tertiary/aromatic N) is 1. The molecule has 2 rings (SSSR count). The van der Waals surface area contributed by atoms with E-state index in [1.165, 1.54) is 19.3 Å². The van der Waals surface area contributed by atoms with E-state index in [1.54, 1.807) is 0 Å². The molecular weight excluding hydrogens is 216 g/mol. The second kappa shape index (κ2) is 6.14. The summed E-state index contributed by atoms with van der Waals surface area (Å²) in [6.07, 6.45) is 3.81. The van der Waals surface area contributed by atoms with Gasteiger partial charge < -0.3 is 15.6 Å². The molecule has 0 spiro atoms. The van der Waals surface area contributed by atoms with Gasteiger partial charge in [0.25, 0.3) is 0 Å². The Labute approximate surface area is 104 Å². The summed E-state index contributed by atoms with van der Waals surface area (Å²) in [7, 11) is 0. The molecule has 0 amide bonds. The quantitative estimate of drug-likeness (QED) is 0.754. The fourth-order valence-electron chi connectivity index (χ4n) is 3.29. The van der Waals surface area contributed by atoms with Crippen LogP contribution in [0.15, 0.2) is 0 Å². The van der Waals surface area contributed by atoms with Crippen LogP contribution in [0, 0.1) is 11.8 Å². The van der Waals surface area contributed by atoms with Gasteiger partial charge in [0.1, 0.15) is 0 Å². The van der Waals surface area contributed by atoms with E-state index < -0.39 is 0 Å². The molecular formula is C13H26N2O2. The zero-order valence-corrected chi connectivity index (χ0v) is 10.8. The van der Waals surface area contributed by atoms with Crippen molar-refractivity contribution in [2.75, 3.05) is 32.8 Å². The maximum atomic E-state index is 9.21. The highest BCUT2D eigenvalue weighted by atomic mass is 16.5. The number of aliphatic hydroxyl groups is 1. The minimum atomic E-state index is -0.000549. The summed E-state index contributed by atoms with van der Waals surface area (Å²) in [6, 6.07) is 0.599. The number of rotatable bonds is 3. The van der Waals surface area contributed by atoms with Crippen molar-refractivity contribution in [3.8, 4) is 0 Å². The number of nitrogens with two attached hydrogens (primary N) is 1. The monoisotopic (exact) mass is 242 g/mol. The van der Waals surface area contributed by atoms with Gasteiger partial charge in [0.05, 0.1) is 19.3 Å². The molecule has 2 fully saturated rings. The van der Waals surface area contributed by atoms with Gasteiger partial charge in [-0.1, -0.05) is 13.3 Å². The van der Waals surface area contributed by atoms with Crippen molar-refractivity contribution in [3.63, 3.8) is 0 Å². The zero-order chi connectivity index (χ0) is 12.3. The van der Waals surface area contributed by atoms with Crippen molar-refractivity contribution in [2.24, 2.45) is 17.6 Å². The van der Waals surface area contributed by atoms with Gasteiger partial charge in [-0.2, -0.15) is 0 Å². The molecule has 4 heteroatoms. The minimum absolute atomic E-state index is 0.000549. The Morgan fingerprint density at radius 1 is 1.41 bits per heavy atom. The molecule has 0 aromatic carbocycles. The third-order valence-corrected chi connectivity index (χ3v) is 4.36. The van der Waals surface area contributed by atoms with Gasteiger partial charge in [-0.15, -0.1) is 0 Å². The summed E-state index contributed by atoms with van der Waals surface area (Å²) < 4.78 is 5.52. The van der Waals surface area contributed by atoms with Crippen molar-refractivity contribution in [3.05, 3.63) is 0 Å². The maximum absolute atomic E-state index is 9.21. The topological polar surface area (TPSA) is 58.7 Å². The second-order valence-electron chi connectivity index (χ2n) is 5.65. The Balaban J connectivity index is 1.97. The summed E-state index contributed by atoms with van der Waals surface area (Å²) >= 11 is 0. The van der Waals surface area contributed by atoms with E-state index in [4.69, 9.17) is 10.5 Å². The predicted molar refractivity (Wildman–Crippen MR) is 67.7 cm³/mol. The summed E-state index contributed by atoms with van der Waals surface area (Å²) in [4.78, 5) is 2.50. The standard InChI is InChI=1S/C13H26N2O2/c1-10-2-3-11(7-14)13(6-10)15-4-5-17-12(8-15)9-16/h10-13,16H,2-9,14H2,1H3. The summed E-state index contributed by atoms with van der Waals surface area (Å²) in [5.41, 5.74) is 5.91. The number of hydrogen-bond acceptors (Lipinski definition) is 4. The van der Waals surface area contributed by atoms with E-state index in [2.05, 4.69) is 11.8 Å². The normalized spacial score (nSPS) is 40.4. The van der Waals surface area contributed by atoms with Crippen LogP contribution in [-0.2, 0) is 4.74 Å². The average Bonchev–Trinajstić information content (AvgIpc) is 2.39. The highest BCUT2D eigenvalue weighted by Gasteiger charge is 2.34. The third kappa shape index (κ3) is 3.19. The molecule has 2 aliphatic rings. The van der Waals surface area contributed by atoms with Gasteiger partial charge in [-0.25, -0.2) is 0 Å². The molecule has 3 N–H and O–H groups in total. The summed E-state index contributed by atoms with van der Waals surface area (Å²) in [5, 5.41) is 9.21.